The van der Waals surface area contributed by atoms with Crippen molar-refractivity contribution in [1.29, 1.82) is 0 Å². The lowest BCUT2D eigenvalue weighted by Gasteiger charge is -2.39. The smallest absolute Gasteiger partial charge is 0.0192 e. The van der Waals surface area contributed by atoms with Gasteiger partial charge in [0.25, 0.3) is 0 Å². The van der Waals surface area contributed by atoms with E-state index < -0.39 is 0 Å². The second-order valence-electron chi connectivity index (χ2n) is 5.36. The van der Waals surface area contributed by atoms with Crippen LogP contribution in [0.1, 0.15) is 41.5 Å². The molecule has 2 atom stereocenters. The second-order valence-corrected chi connectivity index (χ2v) is 5.36. The maximum atomic E-state index is 3.39. The van der Waals surface area contributed by atoms with Gasteiger partial charge in [-0.1, -0.05) is 27.7 Å². The van der Waals surface area contributed by atoms with Crippen LogP contribution in [-0.4, -0.2) is 37.1 Å². The minimum atomic E-state index is 0.356. The van der Waals surface area contributed by atoms with E-state index in [2.05, 4.69) is 58.8 Å². The van der Waals surface area contributed by atoms with Gasteiger partial charge in [0.15, 0.2) is 0 Å². The van der Waals surface area contributed by atoms with Crippen LogP contribution in [0, 0.1) is 5.41 Å². The van der Waals surface area contributed by atoms with Gasteiger partial charge in [0.2, 0.25) is 0 Å². The molecule has 0 saturated carbocycles. The Labute approximate surface area is 90.1 Å². The van der Waals surface area contributed by atoms with Crippen LogP contribution >= 0.6 is 0 Å². The molecule has 0 saturated heterocycles. The minimum Gasteiger partial charge on any atom is -0.315 e. The Bertz CT molecular complexity index is 149. The van der Waals surface area contributed by atoms with E-state index in [4.69, 9.17) is 0 Å². The first kappa shape index (κ1) is 13.9. The summed E-state index contributed by atoms with van der Waals surface area (Å²) in [5, 5.41) is 3.39. The van der Waals surface area contributed by atoms with Crippen LogP contribution in [0.5, 0.6) is 0 Å². The highest BCUT2D eigenvalue weighted by molar-refractivity contribution is 4.81. The Balaban J connectivity index is 4.10. The van der Waals surface area contributed by atoms with Gasteiger partial charge in [0.05, 0.1) is 0 Å². The molecule has 2 unspecified atom stereocenters. The zero-order valence-corrected chi connectivity index (χ0v) is 11.0. The number of nitrogens with zero attached hydrogens (tertiary/aromatic N) is 1. The lowest BCUT2D eigenvalue weighted by molar-refractivity contribution is 0.104. The molecule has 2 heteroatoms. The van der Waals surface area contributed by atoms with Crippen molar-refractivity contribution < 1.29 is 0 Å². The molecular weight excluding hydrogens is 172 g/mol. The van der Waals surface area contributed by atoms with Crippen LogP contribution in [0.2, 0.25) is 0 Å². The van der Waals surface area contributed by atoms with Crippen molar-refractivity contribution in [3.05, 3.63) is 0 Å². The van der Waals surface area contributed by atoms with Crippen molar-refractivity contribution in [2.75, 3.05) is 20.1 Å². The third kappa shape index (κ3) is 4.43. The molecule has 0 aromatic rings. The standard InChI is InChI=1S/C12H28N2/c1-8-13-9-10(2)14(7)11(3)12(4,5)6/h10-11,13H,8-9H2,1-7H3. The molecule has 0 radical (unpaired) electrons. The highest BCUT2D eigenvalue weighted by Gasteiger charge is 2.26. The molecule has 0 aromatic heterocycles. The summed E-state index contributed by atoms with van der Waals surface area (Å²) in [5.41, 5.74) is 0.356. The molecule has 0 spiro atoms. The zero-order valence-electron chi connectivity index (χ0n) is 11.0. The third-order valence-corrected chi connectivity index (χ3v) is 3.25. The fourth-order valence-corrected chi connectivity index (χ4v) is 1.49. The number of hydrogen-bond donors (Lipinski definition) is 1. The molecule has 14 heavy (non-hydrogen) atoms. The normalized spacial score (nSPS) is 17.1. The topological polar surface area (TPSA) is 15.3 Å². The predicted molar refractivity (Wildman–Crippen MR) is 64.7 cm³/mol. The number of rotatable bonds is 5. The van der Waals surface area contributed by atoms with E-state index in [9.17, 15) is 0 Å². The summed E-state index contributed by atoms with van der Waals surface area (Å²) in [6, 6.07) is 1.21. The van der Waals surface area contributed by atoms with Crippen LogP contribution < -0.4 is 5.32 Å². The van der Waals surface area contributed by atoms with Gasteiger partial charge in [-0.15, -0.1) is 0 Å². The highest BCUT2D eigenvalue weighted by Crippen LogP contribution is 2.23. The Morgan fingerprint density at radius 1 is 1.21 bits per heavy atom. The molecule has 0 rings (SSSR count). The van der Waals surface area contributed by atoms with E-state index in [0.717, 1.165) is 13.1 Å². The third-order valence-electron chi connectivity index (χ3n) is 3.25. The number of likely N-dealkylation sites (N-methyl/N-ethyl adjacent to an activating group) is 2. The summed E-state index contributed by atoms with van der Waals surface area (Å²) in [7, 11) is 2.22. The molecule has 0 aromatic carbocycles. The molecule has 0 bridgehead atoms. The summed E-state index contributed by atoms with van der Waals surface area (Å²) in [4.78, 5) is 2.46. The molecule has 86 valence electrons. The van der Waals surface area contributed by atoms with E-state index in [-0.39, 0.29) is 0 Å². The largest absolute Gasteiger partial charge is 0.315 e. The van der Waals surface area contributed by atoms with Crippen LogP contribution in [0.25, 0.3) is 0 Å². The average Bonchev–Trinajstić information content (AvgIpc) is 2.10. The minimum absolute atomic E-state index is 0.356. The molecule has 0 amide bonds. The molecule has 0 fully saturated rings. The van der Waals surface area contributed by atoms with Crippen LogP contribution in [0.4, 0.5) is 0 Å². The Morgan fingerprint density at radius 2 is 1.71 bits per heavy atom. The number of nitrogens with one attached hydrogen (secondary N) is 1. The van der Waals surface area contributed by atoms with Gasteiger partial charge in [-0.3, -0.25) is 4.90 Å². The van der Waals surface area contributed by atoms with Crippen LogP contribution in [0.15, 0.2) is 0 Å². The maximum absolute atomic E-state index is 3.39. The summed E-state index contributed by atoms with van der Waals surface area (Å²) >= 11 is 0. The lowest BCUT2D eigenvalue weighted by atomic mass is 9.86. The zero-order chi connectivity index (χ0) is 11.4. The first-order valence-corrected chi connectivity index (χ1v) is 5.73. The monoisotopic (exact) mass is 200 g/mol. The first-order valence-electron chi connectivity index (χ1n) is 5.73. The summed E-state index contributed by atoms with van der Waals surface area (Å²) < 4.78 is 0. The van der Waals surface area contributed by atoms with Gasteiger partial charge in [-0.25, -0.2) is 0 Å². The predicted octanol–water partition coefficient (Wildman–Crippen LogP) is 2.35. The first-order chi connectivity index (χ1) is 6.30. The van der Waals surface area contributed by atoms with Gasteiger partial charge in [0.1, 0.15) is 0 Å². The fourth-order valence-electron chi connectivity index (χ4n) is 1.49. The SMILES string of the molecule is CCNCC(C)N(C)C(C)C(C)(C)C. The van der Waals surface area contributed by atoms with Crippen LogP contribution in [-0.2, 0) is 0 Å². The fraction of sp³-hybridized carbons (Fsp3) is 1.00. The van der Waals surface area contributed by atoms with Gasteiger partial charge < -0.3 is 5.32 Å². The summed E-state index contributed by atoms with van der Waals surface area (Å²) in [6.07, 6.45) is 0. The van der Waals surface area contributed by atoms with Gasteiger partial charge in [-0.05, 0) is 32.9 Å². The Morgan fingerprint density at radius 3 is 2.07 bits per heavy atom. The van der Waals surface area contributed by atoms with Crippen LogP contribution in [0.3, 0.4) is 0 Å². The van der Waals surface area contributed by atoms with E-state index >= 15 is 0 Å². The Kier molecular flexibility index (Phi) is 5.68. The number of hydrogen-bond acceptors (Lipinski definition) is 2. The van der Waals surface area contributed by atoms with E-state index in [1.54, 1.807) is 0 Å². The molecule has 0 heterocycles. The van der Waals surface area contributed by atoms with Crippen molar-refractivity contribution >= 4 is 0 Å². The lowest BCUT2D eigenvalue weighted by Crippen LogP contribution is -2.47. The molecular formula is C12H28N2. The van der Waals surface area contributed by atoms with E-state index in [1.807, 2.05) is 0 Å². The van der Waals surface area contributed by atoms with Gasteiger partial charge >= 0.3 is 0 Å². The maximum Gasteiger partial charge on any atom is 0.0192 e. The second kappa shape index (κ2) is 5.72. The molecule has 0 aliphatic heterocycles. The highest BCUT2D eigenvalue weighted by atomic mass is 15.2. The van der Waals surface area contributed by atoms with Crippen molar-refractivity contribution in [3.8, 4) is 0 Å². The molecule has 0 aliphatic rings. The Hall–Kier alpha value is -0.0800. The molecule has 0 aliphatic carbocycles. The van der Waals surface area contributed by atoms with Gasteiger partial charge in [-0.2, -0.15) is 0 Å². The summed E-state index contributed by atoms with van der Waals surface area (Å²) in [5.74, 6) is 0. The van der Waals surface area contributed by atoms with Crippen molar-refractivity contribution in [2.24, 2.45) is 5.41 Å². The average molecular weight is 200 g/mol. The summed E-state index contributed by atoms with van der Waals surface area (Å²) in [6.45, 7) is 15.8. The van der Waals surface area contributed by atoms with Gasteiger partial charge in [0, 0.05) is 18.6 Å². The molecule has 2 nitrogen and oxygen atoms in total. The van der Waals surface area contributed by atoms with E-state index in [0.29, 0.717) is 17.5 Å². The van der Waals surface area contributed by atoms with Crippen molar-refractivity contribution in [2.45, 2.75) is 53.6 Å². The molecule has 1 N–H and O–H groups in total. The van der Waals surface area contributed by atoms with Crippen molar-refractivity contribution in [1.82, 2.24) is 10.2 Å². The quantitative estimate of drug-likeness (QED) is 0.733. The van der Waals surface area contributed by atoms with Crippen molar-refractivity contribution in [3.63, 3.8) is 0 Å². The van der Waals surface area contributed by atoms with E-state index in [1.165, 1.54) is 0 Å².